The van der Waals surface area contributed by atoms with Crippen molar-refractivity contribution in [2.75, 3.05) is 12.3 Å². The summed E-state index contributed by atoms with van der Waals surface area (Å²) >= 11 is 0. The van der Waals surface area contributed by atoms with E-state index in [0.29, 0.717) is 23.5 Å². The summed E-state index contributed by atoms with van der Waals surface area (Å²) in [7, 11) is 0. The highest BCUT2D eigenvalue weighted by Crippen LogP contribution is 2.43. The molecule has 4 N–H and O–H groups in total. The van der Waals surface area contributed by atoms with E-state index in [-0.39, 0.29) is 18.3 Å². The Bertz CT molecular complexity index is 717. The lowest BCUT2D eigenvalue weighted by Crippen LogP contribution is -2.34. The van der Waals surface area contributed by atoms with Crippen molar-refractivity contribution >= 4 is 17.0 Å². The largest absolute Gasteiger partial charge is 0.382 e. The number of imidazole rings is 1. The van der Waals surface area contributed by atoms with E-state index in [1.807, 2.05) is 13.8 Å². The Morgan fingerprint density at radius 1 is 1.23 bits per heavy atom. The third kappa shape index (κ3) is 1.90. The van der Waals surface area contributed by atoms with Crippen molar-refractivity contribution in [3.8, 4) is 0 Å². The first-order valence-corrected chi connectivity index (χ1v) is 7.14. The van der Waals surface area contributed by atoms with Gasteiger partial charge in [0.2, 0.25) is 0 Å². The second-order valence-electron chi connectivity index (χ2n) is 5.95. The molecule has 0 bridgehead atoms. The van der Waals surface area contributed by atoms with Crippen molar-refractivity contribution in [3.05, 3.63) is 12.7 Å². The number of rotatable bonds is 2. The van der Waals surface area contributed by atoms with Crippen molar-refractivity contribution < 1.29 is 14.2 Å². The molecular weight excluding hydrogens is 288 g/mol. The number of aromatic nitrogens is 4. The Labute approximate surface area is 126 Å². The minimum absolute atomic E-state index is 0.221. The molecule has 0 spiro atoms. The molecule has 4 atom stereocenters. The lowest BCUT2D eigenvalue weighted by molar-refractivity contribution is -0.195. The number of nitrogens with two attached hydrogens (primary N) is 2. The fourth-order valence-corrected chi connectivity index (χ4v) is 3.13. The minimum Gasteiger partial charge on any atom is -0.382 e. The highest BCUT2D eigenvalue weighted by atomic mass is 16.8. The smallest absolute Gasteiger partial charge is 0.167 e. The van der Waals surface area contributed by atoms with Gasteiger partial charge in [-0.2, -0.15) is 0 Å². The number of hydrogen-bond donors (Lipinski definition) is 2. The van der Waals surface area contributed by atoms with Gasteiger partial charge in [0.05, 0.1) is 6.33 Å². The number of hydrogen-bond acceptors (Lipinski definition) is 8. The average molecular weight is 306 g/mol. The standard InChI is InChI=1S/C13H18N6O3/c1-13(2)21-8-6(3-14)20-12(9(8)22-13)19-5-18-7-10(15)16-4-17-11(7)19/h4-6,8-9,12H,3,14H2,1-2H3,(H2,15,16,17)/t6-,8?,9+,12-/m1/s1. The Hall–Kier alpha value is -1.81. The normalized spacial score (nSPS) is 33.4. The Kier molecular flexibility index (Phi) is 2.89. The van der Waals surface area contributed by atoms with Gasteiger partial charge in [0.15, 0.2) is 23.5 Å². The van der Waals surface area contributed by atoms with Gasteiger partial charge in [0.25, 0.3) is 0 Å². The van der Waals surface area contributed by atoms with Crippen LogP contribution in [0.4, 0.5) is 5.82 Å². The summed E-state index contributed by atoms with van der Waals surface area (Å²) in [6.45, 7) is 4.10. The van der Waals surface area contributed by atoms with Gasteiger partial charge >= 0.3 is 0 Å². The van der Waals surface area contributed by atoms with Crippen LogP contribution in [0.3, 0.4) is 0 Å². The lowest BCUT2D eigenvalue weighted by Gasteiger charge is -2.24. The first-order chi connectivity index (χ1) is 10.5. The molecule has 9 heteroatoms. The van der Waals surface area contributed by atoms with Gasteiger partial charge in [-0.3, -0.25) is 4.57 Å². The van der Waals surface area contributed by atoms with Gasteiger partial charge in [0.1, 0.15) is 30.2 Å². The van der Waals surface area contributed by atoms with E-state index in [9.17, 15) is 0 Å². The first kappa shape index (κ1) is 13.8. The maximum Gasteiger partial charge on any atom is 0.167 e. The summed E-state index contributed by atoms with van der Waals surface area (Å²) in [5.74, 6) is -0.340. The van der Waals surface area contributed by atoms with E-state index in [1.165, 1.54) is 6.33 Å². The Balaban J connectivity index is 1.77. The van der Waals surface area contributed by atoms with Gasteiger partial charge in [-0.1, -0.05) is 0 Å². The van der Waals surface area contributed by atoms with Crippen LogP contribution in [0, 0.1) is 0 Å². The molecule has 2 aliphatic rings. The van der Waals surface area contributed by atoms with E-state index in [2.05, 4.69) is 15.0 Å². The number of nitrogens with zero attached hydrogens (tertiary/aromatic N) is 4. The predicted molar refractivity (Wildman–Crippen MR) is 76.5 cm³/mol. The maximum atomic E-state index is 6.01. The predicted octanol–water partition coefficient (Wildman–Crippen LogP) is -0.215. The van der Waals surface area contributed by atoms with Crippen molar-refractivity contribution in [3.63, 3.8) is 0 Å². The van der Waals surface area contributed by atoms with E-state index >= 15 is 0 Å². The molecule has 0 saturated carbocycles. The van der Waals surface area contributed by atoms with Gasteiger partial charge < -0.3 is 25.7 Å². The molecule has 2 aliphatic heterocycles. The molecular formula is C13H18N6O3. The number of ether oxygens (including phenoxy) is 3. The van der Waals surface area contributed by atoms with Crippen molar-refractivity contribution in [1.82, 2.24) is 19.5 Å². The molecule has 2 fully saturated rings. The molecule has 2 saturated heterocycles. The highest BCUT2D eigenvalue weighted by molar-refractivity contribution is 5.81. The molecule has 2 aromatic rings. The van der Waals surface area contributed by atoms with Crippen LogP contribution in [-0.4, -0.2) is 50.2 Å². The van der Waals surface area contributed by atoms with Crippen LogP contribution in [0.1, 0.15) is 20.1 Å². The monoisotopic (exact) mass is 306 g/mol. The van der Waals surface area contributed by atoms with Crippen LogP contribution in [-0.2, 0) is 14.2 Å². The maximum absolute atomic E-state index is 6.01. The van der Waals surface area contributed by atoms with E-state index in [4.69, 9.17) is 25.7 Å². The third-order valence-corrected chi connectivity index (χ3v) is 4.02. The SMILES string of the molecule is CC1(C)OC2[C@@H](CN)O[C@@H](n3cnc4c(N)ncnc43)[C@H]2O1. The van der Waals surface area contributed by atoms with Crippen molar-refractivity contribution in [1.29, 1.82) is 0 Å². The molecule has 1 unspecified atom stereocenters. The fourth-order valence-electron chi connectivity index (χ4n) is 3.13. The Morgan fingerprint density at radius 3 is 2.77 bits per heavy atom. The van der Waals surface area contributed by atoms with Crippen LogP contribution >= 0.6 is 0 Å². The molecule has 0 radical (unpaired) electrons. The van der Waals surface area contributed by atoms with Crippen LogP contribution < -0.4 is 11.5 Å². The zero-order chi connectivity index (χ0) is 15.5. The number of anilines is 1. The summed E-state index contributed by atoms with van der Waals surface area (Å²) < 4.78 is 19.7. The van der Waals surface area contributed by atoms with Crippen LogP contribution in [0.2, 0.25) is 0 Å². The highest BCUT2D eigenvalue weighted by Gasteiger charge is 2.55. The van der Waals surface area contributed by atoms with Gasteiger partial charge in [0, 0.05) is 6.54 Å². The van der Waals surface area contributed by atoms with E-state index in [1.54, 1.807) is 10.9 Å². The second kappa shape index (κ2) is 4.59. The molecule has 0 aliphatic carbocycles. The zero-order valence-electron chi connectivity index (χ0n) is 12.3. The molecule has 4 rings (SSSR count). The second-order valence-corrected chi connectivity index (χ2v) is 5.95. The molecule has 0 aromatic carbocycles. The molecule has 9 nitrogen and oxygen atoms in total. The first-order valence-electron chi connectivity index (χ1n) is 7.14. The van der Waals surface area contributed by atoms with E-state index in [0.717, 1.165) is 0 Å². The van der Waals surface area contributed by atoms with Crippen LogP contribution in [0.25, 0.3) is 11.2 Å². The summed E-state index contributed by atoms with van der Waals surface area (Å²) in [5.41, 5.74) is 12.8. The molecule has 0 amide bonds. The lowest BCUT2D eigenvalue weighted by atomic mass is 10.1. The van der Waals surface area contributed by atoms with E-state index < -0.39 is 12.0 Å². The van der Waals surface area contributed by atoms with Crippen molar-refractivity contribution in [2.24, 2.45) is 5.73 Å². The van der Waals surface area contributed by atoms with Crippen LogP contribution in [0.5, 0.6) is 0 Å². The van der Waals surface area contributed by atoms with Gasteiger partial charge in [-0.15, -0.1) is 0 Å². The fraction of sp³-hybridized carbons (Fsp3) is 0.615. The van der Waals surface area contributed by atoms with Gasteiger partial charge in [-0.25, -0.2) is 15.0 Å². The summed E-state index contributed by atoms with van der Waals surface area (Å²) in [5, 5.41) is 0. The summed E-state index contributed by atoms with van der Waals surface area (Å²) in [4.78, 5) is 12.5. The molecule has 4 heterocycles. The number of fused-ring (bicyclic) bond motifs is 2. The quantitative estimate of drug-likeness (QED) is 0.781. The van der Waals surface area contributed by atoms with Crippen LogP contribution in [0.15, 0.2) is 12.7 Å². The molecule has 22 heavy (non-hydrogen) atoms. The zero-order valence-corrected chi connectivity index (χ0v) is 12.3. The third-order valence-electron chi connectivity index (χ3n) is 4.02. The topological polar surface area (TPSA) is 123 Å². The Morgan fingerprint density at radius 2 is 2.00 bits per heavy atom. The average Bonchev–Trinajstić information content (AvgIpc) is 3.10. The summed E-state index contributed by atoms with van der Waals surface area (Å²) in [6.07, 6.45) is 1.87. The minimum atomic E-state index is -0.671. The van der Waals surface area contributed by atoms with Crippen molar-refractivity contribution in [2.45, 2.75) is 44.2 Å². The molecule has 118 valence electrons. The van der Waals surface area contributed by atoms with Gasteiger partial charge in [-0.05, 0) is 13.8 Å². The summed E-state index contributed by atoms with van der Waals surface area (Å²) in [6, 6.07) is 0. The molecule has 2 aromatic heterocycles. The number of nitrogen functional groups attached to an aromatic ring is 1.